The summed E-state index contributed by atoms with van der Waals surface area (Å²) in [7, 11) is 0. The first-order chi connectivity index (χ1) is 13.4. The van der Waals surface area contributed by atoms with E-state index in [4.69, 9.17) is 9.47 Å². The first-order valence-corrected chi connectivity index (χ1v) is 10.2. The Bertz CT molecular complexity index is 1040. The lowest BCUT2D eigenvalue weighted by Gasteiger charge is -2.11. The van der Waals surface area contributed by atoms with Crippen molar-refractivity contribution in [2.45, 2.75) is 46.8 Å². The molecule has 3 aromatic rings. The van der Waals surface area contributed by atoms with Crippen molar-refractivity contribution in [3.8, 4) is 16.9 Å². The predicted octanol–water partition coefficient (Wildman–Crippen LogP) is 4.17. The molecule has 0 saturated heterocycles. The number of carbonyl (C=O) groups excluding carboxylic acids is 1. The molecule has 148 valence electrons. The van der Waals surface area contributed by atoms with E-state index in [0.717, 1.165) is 28.2 Å². The molecule has 28 heavy (non-hydrogen) atoms. The van der Waals surface area contributed by atoms with Crippen LogP contribution in [0.5, 0.6) is 5.75 Å². The second kappa shape index (κ2) is 8.56. The van der Waals surface area contributed by atoms with Crippen molar-refractivity contribution in [1.29, 1.82) is 0 Å². The molecule has 0 fully saturated rings. The lowest BCUT2D eigenvalue weighted by atomic mass is 10.0. The van der Waals surface area contributed by atoms with Crippen LogP contribution in [0.1, 0.15) is 32.1 Å². The summed E-state index contributed by atoms with van der Waals surface area (Å²) in [5.41, 5.74) is 1.54. The molecule has 0 bridgehead atoms. The van der Waals surface area contributed by atoms with Gasteiger partial charge in [-0.2, -0.15) is 0 Å². The van der Waals surface area contributed by atoms with Crippen LogP contribution in [-0.2, 0) is 16.1 Å². The average molecular weight is 401 g/mol. The van der Waals surface area contributed by atoms with Crippen molar-refractivity contribution >= 4 is 27.5 Å². The van der Waals surface area contributed by atoms with Gasteiger partial charge in [0.2, 0.25) is 0 Å². The Morgan fingerprint density at radius 3 is 2.61 bits per heavy atom. The number of hydrogen-bond acceptors (Lipinski definition) is 6. The van der Waals surface area contributed by atoms with Gasteiger partial charge in [0.05, 0.1) is 24.4 Å². The highest BCUT2D eigenvalue weighted by Crippen LogP contribution is 2.36. The number of fused-ring (bicyclic) bond motifs is 1. The van der Waals surface area contributed by atoms with E-state index in [1.807, 2.05) is 52.0 Å². The summed E-state index contributed by atoms with van der Waals surface area (Å²) in [6.07, 6.45) is 1.96. The number of thiophene rings is 1. The van der Waals surface area contributed by atoms with Crippen molar-refractivity contribution in [1.82, 2.24) is 9.55 Å². The fraction of sp³-hybridized carbons (Fsp3) is 0.381. The molecule has 0 aliphatic heterocycles. The quantitative estimate of drug-likeness (QED) is 0.557. The molecular formula is C21H24N2O4S. The second-order valence-electron chi connectivity index (χ2n) is 6.56. The van der Waals surface area contributed by atoms with Crippen LogP contribution < -0.4 is 10.3 Å². The van der Waals surface area contributed by atoms with Gasteiger partial charge in [0, 0.05) is 10.4 Å². The van der Waals surface area contributed by atoms with Gasteiger partial charge in [-0.25, -0.2) is 4.98 Å². The molecule has 1 atom stereocenters. The molecule has 0 amide bonds. The molecule has 0 radical (unpaired) electrons. The minimum atomic E-state index is -0.438. The third-order valence-electron chi connectivity index (χ3n) is 4.52. The van der Waals surface area contributed by atoms with Crippen LogP contribution in [0, 0.1) is 6.92 Å². The third-order valence-corrected chi connectivity index (χ3v) is 5.53. The van der Waals surface area contributed by atoms with Crippen molar-refractivity contribution in [2.75, 3.05) is 6.61 Å². The number of esters is 1. The fourth-order valence-electron chi connectivity index (χ4n) is 2.97. The van der Waals surface area contributed by atoms with Crippen molar-refractivity contribution in [3.63, 3.8) is 0 Å². The van der Waals surface area contributed by atoms with Crippen LogP contribution in [0.25, 0.3) is 21.3 Å². The lowest BCUT2D eigenvalue weighted by molar-refractivity contribution is -0.149. The van der Waals surface area contributed by atoms with E-state index in [1.54, 1.807) is 0 Å². The van der Waals surface area contributed by atoms with E-state index in [1.165, 1.54) is 22.2 Å². The van der Waals surface area contributed by atoms with E-state index in [2.05, 4.69) is 4.98 Å². The molecule has 6 nitrogen and oxygen atoms in total. The molecule has 0 spiro atoms. The summed E-state index contributed by atoms with van der Waals surface area (Å²) in [4.78, 5) is 31.3. The first kappa shape index (κ1) is 20.1. The van der Waals surface area contributed by atoms with E-state index in [-0.39, 0.29) is 18.2 Å². The normalized spacial score (nSPS) is 12.1. The van der Waals surface area contributed by atoms with Gasteiger partial charge >= 0.3 is 5.97 Å². The number of rotatable bonds is 7. The average Bonchev–Trinajstić information content (AvgIpc) is 3.01. The number of carbonyl (C=O) groups is 1. The minimum Gasteiger partial charge on any atom is -0.494 e. The highest BCUT2D eigenvalue weighted by molar-refractivity contribution is 7.19. The van der Waals surface area contributed by atoms with Crippen LogP contribution >= 0.6 is 11.3 Å². The molecule has 3 rings (SSSR count). The predicted molar refractivity (Wildman–Crippen MR) is 111 cm³/mol. The summed E-state index contributed by atoms with van der Waals surface area (Å²) in [5.74, 6) is 0.346. The van der Waals surface area contributed by atoms with Gasteiger partial charge in [-0.15, -0.1) is 11.3 Å². The Balaban J connectivity index is 2.01. The van der Waals surface area contributed by atoms with Crippen molar-refractivity contribution in [3.05, 3.63) is 45.8 Å². The number of benzene rings is 1. The lowest BCUT2D eigenvalue weighted by Crippen LogP contribution is -2.27. The minimum absolute atomic E-state index is 0.149. The Morgan fingerprint density at radius 2 is 1.96 bits per heavy atom. The molecule has 0 aliphatic carbocycles. The van der Waals surface area contributed by atoms with Gasteiger partial charge in [0.15, 0.2) is 0 Å². The van der Waals surface area contributed by atoms with E-state index in [0.29, 0.717) is 16.8 Å². The number of aryl methyl sites for hydroxylation is 1. The zero-order valence-electron chi connectivity index (χ0n) is 16.5. The molecule has 0 N–H and O–H groups in total. The second-order valence-corrected chi connectivity index (χ2v) is 7.76. The molecule has 1 aromatic carbocycles. The molecule has 0 aliphatic rings. The van der Waals surface area contributed by atoms with Crippen LogP contribution in [0.15, 0.2) is 35.4 Å². The Morgan fingerprint density at radius 1 is 1.25 bits per heavy atom. The highest BCUT2D eigenvalue weighted by atomic mass is 32.1. The molecule has 2 aromatic heterocycles. The maximum Gasteiger partial charge on any atom is 0.326 e. The Kier molecular flexibility index (Phi) is 6.14. The van der Waals surface area contributed by atoms with Gasteiger partial charge in [0.1, 0.15) is 17.1 Å². The van der Waals surface area contributed by atoms with Gasteiger partial charge in [-0.05, 0) is 44.9 Å². The summed E-state index contributed by atoms with van der Waals surface area (Å²) in [6, 6.07) is 7.65. The molecule has 2 heterocycles. The topological polar surface area (TPSA) is 70.4 Å². The zero-order valence-corrected chi connectivity index (χ0v) is 17.3. The standard InChI is InChI=1S/C21H24N2O4S/c1-5-13(3)27-17(24)11-23-12-22-20-19(21(23)25)18(14(4)28-20)15-7-9-16(10-8-15)26-6-2/h7-10,12-13H,5-6,11H2,1-4H3. The summed E-state index contributed by atoms with van der Waals surface area (Å²) in [6.45, 7) is 8.12. The van der Waals surface area contributed by atoms with Crippen molar-refractivity contribution in [2.24, 2.45) is 0 Å². The molecular weight excluding hydrogens is 376 g/mol. The van der Waals surface area contributed by atoms with Gasteiger partial charge in [-0.3, -0.25) is 14.2 Å². The van der Waals surface area contributed by atoms with Crippen LogP contribution in [0.2, 0.25) is 0 Å². The molecule has 0 saturated carbocycles. The van der Waals surface area contributed by atoms with E-state index >= 15 is 0 Å². The smallest absolute Gasteiger partial charge is 0.326 e. The summed E-state index contributed by atoms with van der Waals surface area (Å²) < 4.78 is 12.1. The third kappa shape index (κ3) is 4.09. The number of ether oxygens (including phenoxy) is 2. The summed E-state index contributed by atoms with van der Waals surface area (Å²) >= 11 is 1.47. The highest BCUT2D eigenvalue weighted by Gasteiger charge is 2.18. The van der Waals surface area contributed by atoms with Crippen LogP contribution in [0.4, 0.5) is 0 Å². The summed E-state index contributed by atoms with van der Waals surface area (Å²) in [5, 5.41) is 0.533. The number of hydrogen-bond donors (Lipinski definition) is 0. The van der Waals surface area contributed by atoms with Gasteiger partial charge in [0.25, 0.3) is 5.56 Å². The maximum absolute atomic E-state index is 13.1. The van der Waals surface area contributed by atoms with E-state index in [9.17, 15) is 9.59 Å². The molecule has 7 heteroatoms. The van der Waals surface area contributed by atoms with Crippen LogP contribution in [-0.4, -0.2) is 28.2 Å². The number of aromatic nitrogens is 2. The maximum atomic E-state index is 13.1. The van der Waals surface area contributed by atoms with Gasteiger partial charge < -0.3 is 9.47 Å². The van der Waals surface area contributed by atoms with Gasteiger partial charge in [-0.1, -0.05) is 19.1 Å². The first-order valence-electron chi connectivity index (χ1n) is 9.35. The largest absolute Gasteiger partial charge is 0.494 e. The van der Waals surface area contributed by atoms with Crippen molar-refractivity contribution < 1.29 is 14.3 Å². The Labute approximate surface area is 167 Å². The number of nitrogens with zero attached hydrogens (tertiary/aromatic N) is 2. The monoisotopic (exact) mass is 400 g/mol. The SMILES string of the molecule is CCOc1ccc(-c2c(C)sc3ncn(CC(=O)OC(C)CC)c(=O)c23)cc1. The zero-order chi connectivity index (χ0) is 20.3. The molecule has 1 unspecified atom stereocenters. The Hall–Kier alpha value is -2.67. The fourth-order valence-corrected chi connectivity index (χ4v) is 3.97. The van der Waals surface area contributed by atoms with Crippen LogP contribution in [0.3, 0.4) is 0 Å². The van der Waals surface area contributed by atoms with E-state index < -0.39 is 5.97 Å².